The molecule has 0 bridgehead atoms. The molecule has 2 aromatic rings. The zero-order valence-electron chi connectivity index (χ0n) is 14.1. The smallest absolute Gasteiger partial charge is 0.225 e. The molecule has 1 unspecified atom stereocenters. The average molecular weight is 362 g/mol. The molecule has 1 saturated heterocycles. The average Bonchev–Trinajstić information content (AvgIpc) is 2.94. The molecule has 1 aromatic carbocycles. The van der Waals surface area contributed by atoms with Gasteiger partial charge in [0.05, 0.1) is 23.8 Å². The standard InChI is InChI=1S/C17H22N4O3S/c1-24-9-8-18-16-11-15(13-5-3-2-4-6-13)20-17(21-16)19-14-7-10-25(22,23)12-14/h2-6,11,14H,7-10,12H2,1H3,(H2,18,19,20,21). The Bertz CT molecular complexity index is 812. The van der Waals surface area contributed by atoms with Crippen LogP contribution < -0.4 is 10.6 Å². The first kappa shape index (κ1) is 17.6. The number of nitrogens with zero attached hydrogens (tertiary/aromatic N) is 2. The summed E-state index contributed by atoms with van der Waals surface area (Å²) < 4.78 is 28.4. The predicted octanol–water partition coefficient (Wildman–Crippen LogP) is 1.80. The molecule has 2 heterocycles. The highest BCUT2D eigenvalue weighted by molar-refractivity contribution is 7.91. The van der Waals surface area contributed by atoms with Gasteiger partial charge in [-0.1, -0.05) is 30.3 Å². The van der Waals surface area contributed by atoms with Gasteiger partial charge in [-0.3, -0.25) is 0 Å². The van der Waals surface area contributed by atoms with E-state index >= 15 is 0 Å². The van der Waals surface area contributed by atoms with E-state index in [9.17, 15) is 8.42 Å². The first-order valence-electron chi connectivity index (χ1n) is 8.20. The fourth-order valence-corrected chi connectivity index (χ4v) is 4.41. The summed E-state index contributed by atoms with van der Waals surface area (Å²) in [6, 6.07) is 11.5. The van der Waals surface area contributed by atoms with Crippen molar-refractivity contribution in [1.29, 1.82) is 0 Å². The number of ether oxygens (including phenoxy) is 1. The number of hydrogen-bond donors (Lipinski definition) is 2. The molecule has 0 radical (unpaired) electrons. The molecule has 1 aliphatic rings. The quantitative estimate of drug-likeness (QED) is 0.726. The monoisotopic (exact) mass is 362 g/mol. The third kappa shape index (κ3) is 4.90. The molecule has 2 N–H and O–H groups in total. The third-order valence-electron chi connectivity index (χ3n) is 3.97. The molecule has 1 aromatic heterocycles. The fraction of sp³-hybridized carbons (Fsp3) is 0.412. The third-order valence-corrected chi connectivity index (χ3v) is 5.74. The maximum absolute atomic E-state index is 11.7. The van der Waals surface area contributed by atoms with Crippen LogP contribution in [-0.2, 0) is 14.6 Å². The molecule has 8 heteroatoms. The minimum atomic E-state index is -2.96. The van der Waals surface area contributed by atoms with Crippen LogP contribution in [0.5, 0.6) is 0 Å². The van der Waals surface area contributed by atoms with Gasteiger partial charge in [-0.2, -0.15) is 4.98 Å². The molecule has 7 nitrogen and oxygen atoms in total. The lowest BCUT2D eigenvalue weighted by atomic mass is 10.1. The van der Waals surface area contributed by atoms with Crippen molar-refractivity contribution in [2.24, 2.45) is 0 Å². The Morgan fingerprint density at radius 2 is 2.04 bits per heavy atom. The van der Waals surface area contributed by atoms with Gasteiger partial charge in [0.15, 0.2) is 9.84 Å². The molecule has 0 amide bonds. The molecule has 1 aliphatic heterocycles. The highest BCUT2D eigenvalue weighted by Gasteiger charge is 2.28. The predicted molar refractivity (Wildman–Crippen MR) is 98.5 cm³/mol. The summed E-state index contributed by atoms with van der Waals surface area (Å²) in [7, 11) is -1.31. The minimum Gasteiger partial charge on any atom is -0.383 e. The summed E-state index contributed by atoms with van der Waals surface area (Å²) in [5.41, 5.74) is 1.75. The lowest BCUT2D eigenvalue weighted by Crippen LogP contribution is -2.22. The second kappa shape index (κ2) is 7.79. The van der Waals surface area contributed by atoms with E-state index in [1.54, 1.807) is 7.11 Å². The van der Waals surface area contributed by atoms with Crippen molar-refractivity contribution in [3.05, 3.63) is 36.4 Å². The van der Waals surface area contributed by atoms with Crippen molar-refractivity contribution in [1.82, 2.24) is 9.97 Å². The Kier molecular flexibility index (Phi) is 5.50. The Labute approximate surface area is 147 Å². The van der Waals surface area contributed by atoms with Gasteiger partial charge in [-0.15, -0.1) is 0 Å². The number of benzene rings is 1. The number of hydrogen-bond acceptors (Lipinski definition) is 7. The van der Waals surface area contributed by atoms with Gasteiger partial charge < -0.3 is 15.4 Å². The van der Waals surface area contributed by atoms with E-state index in [1.165, 1.54) is 0 Å². The number of anilines is 2. The Morgan fingerprint density at radius 3 is 2.72 bits per heavy atom. The molecule has 25 heavy (non-hydrogen) atoms. The van der Waals surface area contributed by atoms with Crippen LogP contribution in [0.1, 0.15) is 6.42 Å². The van der Waals surface area contributed by atoms with Crippen LogP contribution in [0.2, 0.25) is 0 Å². The number of sulfone groups is 1. The van der Waals surface area contributed by atoms with E-state index < -0.39 is 9.84 Å². The molecule has 3 rings (SSSR count). The SMILES string of the molecule is COCCNc1cc(-c2ccccc2)nc(NC2CCS(=O)(=O)C2)n1. The van der Waals surface area contributed by atoms with Crippen LogP contribution in [0, 0.1) is 0 Å². The van der Waals surface area contributed by atoms with Crippen molar-refractivity contribution in [3.63, 3.8) is 0 Å². The summed E-state index contributed by atoms with van der Waals surface area (Å²) in [6.45, 7) is 1.19. The van der Waals surface area contributed by atoms with Crippen molar-refractivity contribution < 1.29 is 13.2 Å². The van der Waals surface area contributed by atoms with E-state index in [0.29, 0.717) is 31.3 Å². The van der Waals surface area contributed by atoms with Gasteiger partial charge in [-0.25, -0.2) is 13.4 Å². The maximum atomic E-state index is 11.7. The summed E-state index contributed by atoms with van der Waals surface area (Å²) in [6.07, 6.45) is 0.577. The van der Waals surface area contributed by atoms with Crippen LogP contribution in [0.3, 0.4) is 0 Å². The summed E-state index contributed by atoms with van der Waals surface area (Å²) in [5.74, 6) is 1.44. The molecule has 1 fully saturated rings. The van der Waals surface area contributed by atoms with Crippen LogP contribution in [0.25, 0.3) is 11.3 Å². The maximum Gasteiger partial charge on any atom is 0.225 e. The van der Waals surface area contributed by atoms with Gasteiger partial charge in [0.25, 0.3) is 0 Å². The van der Waals surface area contributed by atoms with Crippen molar-refractivity contribution in [3.8, 4) is 11.3 Å². The minimum absolute atomic E-state index is 0.123. The van der Waals surface area contributed by atoms with Gasteiger partial charge in [0.2, 0.25) is 5.95 Å². The van der Waals surface area contributed by atoms with E-state index in [2.05, 4.69) is 20.6 Å². The highest BCUT2D eigenvalue weighted by atomic mass is 32.2. The van der Waals surface area contributed by atoms with Crippen molar-refractivity contribution in [2.75, 3.05) is 42.4 Å². The highest BCUT2D eigenvalue weighted by Crippen LogP contribution is 2.23. The molecule has 1 atom stereocenters. The van der Waals surface area contributed by atoms with Crippen molar-refractivity contribution in [2.45, 2.75) is 12.5 Å². The molecule has 134 valence electrons. The molecular weight excluding hydrogens is 340 g/mol. The first-order chi connectivity index (χ1) is 12.1. The zero-order valence-corrected chi connectivity index (χ0v) is 14.9. The fourth-order valence-electron chi connectivity index (χ4n) is 2.73. The van der Waals surface area contributed by atoms with Gasteiger partial charge in [0.1, 0.15) is 5.82 Å². The van der Waals surface area contributed by atoms with Gasteiger partial charge >= 0.3 is 0 Å². The van der Waals surface area contributed by atoms with Gasteiger partial charge in [0, 0.05) is 31.3 Å². The van der Waals surface area contributed by atoms with Crippen LogP contribution in [-0.4, -0.2) is 56.2 Å². The number of rotatable bonds is 7. The lowest BCUT2D eigenvalue weighted by molar-refractivity contribution is 0.210. The summed E-state index contributed by atoms with van der Waals surface area (Å²) in [5, 5.41) is 6.37. The van der Waals surface area contributed by atoms with Gasteiger partial charge in [-0.05, 0) is 6.42 Å². The second-order valence-corrected chi connectivity index (χ2v) is 8.22. The van der Waals surface area contributed by atoms with Crippen LogP contribution in [0.4, 0.5) is 11.8 Å². The zero-order chi connectivity index (χ0) is 17.7. The van der Waals surface area contributed by atoms with E-state index in [0.717, 1.165) is 11.3 Å². The molecule has 0 saturated carbocycles. The Morgan fingerprint density at radius 1 is 1.24 bits per heavy atom. The van der Waals surface area contributed by atoms with Crippen LogP contribution >= 0.6 is 0 Å². The Hall–Kier alpha value is -2.19. The van der Waals surface area contributed by atoms with Crippen molar-refractivity contribution >= 4 is 21.6 Å². The normalized spacial score (nSPS) is 18.8. The van der Waals surface area contributed by atoms with E-state index in [4.69, 9.17) is 4.74 Å². The van der Waals surface area contributed by atoms with Crippen LogP contribution in [0.15, 0.2) is 36.4 Å². The Balaban J connectivity index is 1.84. The largest absolute Gasteiger partial charge is 0.383 e. The number of nitrogens with one attached hydrogen (secondary N) is 2. The summed E-state index contributed by atoms with van der Waals surface area (Å²) in [4.78, 5) is 9.01. The van der Waals surface area contributed by atoms with E-state index in [1.807, 2.05) is 36.4 Å². The summed E-state index contributed by atoms with van der Waals surface area (Å²) >= 11 is 0. The van der Waals surface area contributed by atoms with E-state index in [-0.39, 0.29) is 17.5 Å². The lowest BCUT2D eigenvalue weighted by Gasteiger charge is -2.14. The topological polar surface area (TPSA) is 93.2 Å². The first-order valence-corrected chi connectivity index (χ1v) is 10.0. The molecular formula is C17H22N4O3S. The second-order valence-electron chi connectivity index (χ2n) is 5.99. The molecule has 0 spiro atoms. The number of aromatic nitrogens is 2. The molecule has 0 aliphatic carbocycles. The number of methoxy groups -OCH3 is 1.